The Morgan fingerprint density at radius 3 is 2.76 bits per heavy atom. The van der Waals surface area contributed by atoms with Gasteiger partial charge in [0.25, 0.3) is 0 Å². The summed E-state index contributed by atoms with van der Waals surface area (Å²) in [6, 6.07) is 13.4. The normalized spacial score (nSPS) is 37.3. The van der Waals surface area contributed by atoms with Crippen LogP contribution in [0.5, 0.6) is 11.5 Å². The van der Waals surface area contributed by atoms with Gasteiger partial charge in [0.05, 0.1) is 25.1 Å². The number of nitrogens with zero attached hydrogens (tertiary/aromatic N) is 1. The van der Waals surface area contributed by atoms with Crippen molar-refractivity contribution in [2.24, 2.45) is 5.92 Å². The summed E-state index contributed by atoms with van der Waals surface area (Å²) in [5.74, 6) is 1.27. The zero-order valence-corrected chi connectivity index (χ0v) is 19.4. The fourth-order valence-electron chi connectivity index (χ4n) is 7.71. The lowest BCUT2D eigenvalue weighted by atomic mass is 9.48. The Balaban J connectivity index is 1.40. The average Bonchev–Trinajstić information content (AvgIpc) is 3.61. The number of quaternary nitrogens is 1. The number of piperidine rings is 1. The van der Waals surface area contributed by atoms with Crippen LogP contribution in [0.1, 0.15) is 55.2 Å². The van der Waals surface area contributed by atoms with Crippen LogP contribution >= 0.6 is 0 Å². The van der Waals surface area contributed by atoms with Crippen molar-refractivity contribution >= 4 is 5.78 Å². The molecule has 178 valence electrons. The van der Waals surface area contributed by atoms with Crippen LogP contribution in [-0.4, -0.2) is 46.4 Å². The second-order valence-corrected chi connectivity index (χ2v) is 11.1. The lowest BCUT2D eigenvalue weighted by Gasteiger charge is -2.68. The van der Waals surface area contributed by atoms with Gasteiger partial charge in [0.1, 0.15) is 11.6 Å². The quantitative estimate of drug-likeness (QED) is 0.516. The first-order chi connectivity index (χ1) is 16.5. The summed E-state index contributed by atoms with van der Waals surface area (Å²) in [5.41, 5.74) is 1.52. The van der Waals surface area contributed by atoms with E-state index >= 15 is 0 Å². The number of benzene rings is 2. The molecule has 5 aliphatic rings. The third-order valence-corrected chi connectivity index (χ3v) is 9.50. The Bertz CT molecular complexity index is 1160. The van der Waals surface area contributed by atoms with E-state index in [0.29, 0.717) is 57.0 Å². The molecule has 3 fully saturated rings. The molecule has 1 saturated heterocycles. The van der Waals surface area contributed by atoms with Gasteiger partial charge >= 0.3 is 0 Å². The number of ketones is 1. The molecule has 6 heteroatoms. The highest BCUT2D eigenvalue weighted by Crippen LogP contribution is 2.67. The first-order valence-electron chi connectivity index (χ1n) is 12.8. The monoisotopic (exact) mass is 461 g/mol. The molecule has 7 rings (SSSR count). The maximum atomic E-state index is 14.6. The summed E-state index contributed by atoms with van der Waals surface area (Å²) in [6.45, 7) is 1.48. The van der Waals surface area contributed by atoms with Gasteiger partial charge in [0.2, 0.25) is 0 Å². The summed E-state index contributed by atoms with van der Waals surface area (Å²) in [4.78, 5) is 13.3. The molecule has 1 unspecified atom stereocenters. The fraction of sp³-hybridized carbons (Fsp3) is 0.536. The van der Waals surface area contributed by atoms with Crippen LogP contribution in [0, 0.1) is 11.1 Å². The molecule has 6 nitrogen and oxygen atoms in total. The highest BCUT2D eigenvalue weighted by molar-refractivity contribution is 5.90. The number of Topliss-reactive ketones (excluding diaryl/α,β-unsaturated/α-hetero) is 1. The molecule has 34 heavy (non-hydrogen) atoms. The van der Waals surface area contributed by atoms with Crippen LogP contribution in [0.2, 0.25) is 0 Å². The molecule has 2 saturated carbocycles. The molecule has 1 spiro atoms. The molecular formula is C28H31NO5. The fourth-order valence-corrected chi connectivity index (χ4v) is 7.71. The minimum atomic E-state index is -0.795. The van der Waals surface area contributed by atoms with Crippen LogP contribution in [0.15, 0.2) is 42.5 Å². The number of hydrogen-bond donors (Lipinski definition) is 1. The van der Waals surface area contributed by atoms with Gasteiger partial charge in [-0.05, 0) is 48.8 Å². The first-order valence-corrected chi connectivity index (χ1v) is 12.8. The van der Waals surface area contributed by atoms with E-state index in [2.05, 4.69) is 0 Å². The van der Waals surface area contributed by atoms with Gasteiger partial charge in [-0.15, -0.1) is 0 Å². The summed E-state index contributed by atoms with van der Waals surface area (Å²) < 4.78 is 13.0. The van der Waals surface area contributed by atoms with Gasteiger partial charge in [0, 0.05) is 24.8 Å². The van der Waals surface area contributed by atoms with Crippen LogP contribution < -0.4 is 4.74 Å². The number of phenolic OH excluding ortho intramolecular Hbond substituents is 1. The van der Waals surface area contributed by atoms with Gasteiger partial charge in [0.15, 0.2) is 23.4 Å². The Morgan fingerprint density at radius 2 is 1.97 bits per heavy atom. The number of carbonyl (C=O) groups is 1. The third-order valence-electron chi connectivity index (χ3n) is 9.50. The highest BCUT2D eigenvalue weighted by Gasteiger charge is 2.77. The smallest absolute Gasteiger partial charge is 0.174 e. The molecule has 2 aromatic rings. The van der Waals surface area contributed by atoms with E-state index in [1.165, 1.54) is 12.8 Å². The van der Waals surface area contributed by atoms with Crippen molar-refractivity contribution < 1.29 is 24.0 Å². The molecule has 2 heterocycles. The Hall–Kier alpha value is -2.41. The molecule has 2 aliphatic heterocycles. The maximum absolute atomic E-state index is 14.6. The Morgan fingerprint density at radius 1 is 1.15 bits per heavy atom. The van der Waals surface area contributed by atoms with E-state index in [4.69, 9.17) is 9.47 Å². The Labute approximate surface area is 199 Å². The predicted molar refractivity (Wildman–Crippen MR) is 125 cm³/mol. The topological polar surface area (TPSA) is 78.8 Å². The molecule has 0 aromatic heterocycles. The van der Waals surface area contributed by atoms with Gasteiger partial charge in [-0.1, -0.05) is 36.4 Å². The van der Waals surface area contributed by atoms with Crippen molar-refractivity contribution in [3.8, 4) is 11.5 Å². The van der Waals surface area contributed by atoms with Crippen LogP contribution in [0.3, 0.4) is 0 Å². The minimum Gasteiger partial charge on any atom is -0.633 e. The lowest BCUT2D eigenvalue weighted by Crippen LogP contribution is -2.81. The molecule has 1 N–H and O–H groups in total. The van der Waals surface area contributed by atoms with Crippen LogP contribution in [-0.2, 0) is 28.0 Å². The van der Waals surface area contributed by atoms with Crippen molar-refractivity contribution in [2.45, 2.75) is 74.7 Å². The third kappa shape index (κ3) is 2.65. The first kappa shape index (κ1) is 20.9. The van der Waals surface area contributed by atoms with Crippen molar-refractivity contribution in [3.63, 3.8) is 0 Å². The van der Waals surface area contributed by atoms with Gasteiger partial charge in [-0.2, -0.15) is 0 Å². The molecule has 2 bridgehead atoms. The number of likely N-dealkylation sites (tertiary alicyclic amines) is 1. The molecule has 5 atom stereocenters. The van der Waals surface area contributed by atoms with Gasteiger partial charge in [-0.3, -0.25) is 4.79 Å². The molecule has 3 aliphatic carbocycles. The van der Waals surface area contributed by atoms with Crippen molar-refractivity contribution in [1.29, 1.82) is 0 Å². The summed E-state index contributed by atoms with van der Waals surface area (Å²) in [5, 5.41) is 25.3. The molecule has 0 radical (unpaired) electrons. The van der Waals surface area contributed by atoms with Gasteiger partial charge in [-0.25, -0.2) is 0 Å². The number of ether oxygens (including phenoxy) is 2. The van der Waals surface area contributed by atoms with Crippen molar-refractivity contribution in [1.82, 2.24) is 0 Å². The summed E-state index contributed by atoms with van der Waals surface area (Å²) in [7, 11) is 0. The van der Waals surface area contributed by atoms with E-state index in [0.717, 1.165) is 23.1 Å². The highest BCUT2D eigenvalue weighted by atomic mass is 16.6. The maximum Gasteiger partial charge on any atom is 0.174 e. The number of aromatic hydroxyl groups is 1. The zero-order chi connectivity index (χ0) is 23.1. The molecule has 0 amide bonds. The SMILES string of the molecule is O=C1CC[C@@]2(OCc3ccccc3)[C@H]3Cc4ccc(O)c5c4[C@@]2(CC[N+]3([O-])CCC2CC2)[C@H]1O5. The number of hydrogen-bond acceptors (Lipinski definition) is 5. The second kappa shape index (κ2) is 7.06. The Kier molecular flexibility index (Phi) is 4.34. The van der Waals surface area contributed by atoms with Crippen molar-refractivity contribution in [3.05, 3.63) is 64.4 Å². The summed E-state index contributed by atoms with van der Waals surface area (Å²) in [6.07, 6.45) is 4.76. The van der Waals surface area contributed by atoms with Crippen LogP contribution in [0.4, 0.5) is 0 Å². The van der Waals surface area contributed by atoms with E-state index in [1.54, 1.807) is 6.07 Å². The summed E-state index contributed by atoms with van der Waals surface area (Å²) >= 11 is 0. The average molecular weight is 462 g/mol. The number of carbonyl (C=O) groups excluding carboxylic acids is 1. The molecule has 2 aromatic carbocycles. The zero-order valence-electron chi connectivity index (χ0n) is 19.4. The lowest BCUT2D eigenvalue weighted by molar-refractivity contribution is -0.923. The number of phenols is 1. The van der Waals surface area contributed by atoms with E-state index < -0.39 is 17.1 Å². The van der Waals surface area contributed by atoms with Gasteiger partial charge < -0.3 is 24.4 Å². The van der Waals surface area contributed by atoms with Crippen molar-refractivity contribution in [2.75, 3.05) is 13.1 Å². The standard InChI is InChI=1S/C28H31NO5/c30-21-9-8-20-16-23-28(33-17-19-4-2-1-3-5-19)12-10-22(31)26-27(28,24(20)25(21)34-26)13-15-29(23,32)14-11-18-6-7-18/h1-5,8-9,18,23,26,30H,6-7,10-17H2/t23-,26+,27+,28-,29?/m1/s1. The second-order valence-electron chi connectivity index (χ2n) is 11.1. The predicted octanol–water partition coefficient (Wildman–Crippen LogP) is 4.15. The van der Waals surface area contributed by atoms with E-state index in [-0.39, 0.29) is 22.2 Å². The van der Waals surface area contributed by atoms with E-state index in [1.807, 2.05) is 36.4 Å². The van der Waals surface area contributed by atoms with E-state index in [9.17, 15) is 15.1 Å². The van der Waals surface area contributed by atoms with Crippen LogP contribution in [0.25, 0.3) is 0 Å². The number of rotatable bonds is 6. The minimum absolute atomic E-state index is 0.0602. The largest absolute Gasteiger partial charge is 0.633 e. The molecular weight excluding hydrogens is 430 g/mol. The number of hydroxylamine groups is 3.